The van der Waals surface area contributed by atoms with Crippen LogP contribution in [0.1, 0.15) is 65.7 Å². The molecule has 4 rings (SSSR count). The quantitative estimate of drug-likeness (QED) is 0.827. The van der Waals surface area contributed by atoms with Gasteiger partial charge in [-0.15, -0.1) is 0 Å². The van der Waals surface area contributed by atoms with Gasteiger partial charge in [0.1, 0.15) is 0 Å². The SMILES string of the molecule is CC(NC(=O)c1ccc(N2C(=O)CCC2=O)cc1)c1ccc2c(c1)CCCC2. The van der Waals surface area contributed by atoms with Crippen molar-refractivity contribution >= 4 is 23.4 Å². The molecule has 2 aliphatic rings. The van der Waals surface area contributed by atoms with E-state index in [1.54, 1.807) is 24.3 Å². The minimum absolute atomic E-state index is 0.0962. The Morgan fingerprint density at radius 3 is 2.21 bits per heavy atom. The Hall–Kier alpha value is -2.95. The van der Waals surface area contributed by atoms with E-state index < -0.39 is 0 Å². The topological polar surface area (TPSA) is 66.5 Å². The molecule has 5 nitrogen and oxygen atoms in total. The van der Waals surface area contributed by atoms with Gasteiger partial charge in [-0.2, -0.15) is 0 Å². The zero-order valence-electron chi connectivity index (χ0n) is 16.0. The van der Waals surface area contributed by atoms with Gasteiger partial charge >= 0.3 is 0 Å². The van der Waals surface area contributed by atoms with Crippen molar-refractivity contribution in [2.75, 3.05) is 4.90 Å². The van der Waals surface area contributed by atoms with Crippen LogP contribution < -0.4 is 10.2 Å². The molecule has 1 N–H and O–H groups in total. The Morgan fingerprint density at radius 2 is 1.54 bits per heavy atom. The highest BCUT2D eigenvalue weighted by Crippen LogP contribution is 2.26. The van der Waals surface area contributed by atoms with E-state index in [-0.39, 0.29) is 36.6 Å². The molecule has 1 aliphatic heterocycles. The molecule has 1 saturated heterocycles. The summed E-state index contributed by atoms with van der Waals surface area (Å²) in [6.45, 7) is 1.98. The van der Waals surface area contributed by atoms with Gasteiger partial charge in [0.2, 0.25) is 11.8 Å². The maximum Gasteiger partial charge on any atom is 0.251 e. The molecule has 0 bridgehead atoms. The first-order chi connectivity index (χ1) is 13.5. The van der Waals surface area contributed by atoms with Crippen molar-refractivity contribution in [1.29, 1.82) is 0 Å². The number of amides is 3. The fraction of sp³-hybridized carbons (Fsp3) is 0.348. The van der Waals surface area contributed by atoms with Gasteiger partial charge < -0.3 is 5.32 Å². The fourth-order valence-corrected chi connectivity index (χ4v) is 4.01. The number of benzene rings is 2. The number of aryl methyl sites for hydroxylation is 2. The number of anilines is 1. The molecule has 3 amide bonds. The van der Waals surface area contributed by atoms with Gasteiger partial charge in [-0.1, -0.05) is 18.2 Å². The van der Waals surface area contributed by atoms with Crippen molar-refractivity contribution in [3.8, 4) is 0 Å². The zero-order valence-corrected chi connectivity index (χ0v) is 16.0. The van der Waals surface area contributed by atoms with Crippen molar-refractivity contribution in [3.63, 3.8) is 0 Å². The molecule has 0 radical (unpaired) electrons. The number of rotatable bonds is 4. The van der Waals surface area contributed by atoms with E-state index in [1.165, 1.54) is 28.9 Å². The number of fused-ring (bicyclic) bond motifs is 1. The third-order valence-corrected chi connectivity index (χ3v) is 5.66. The molecule has 144 valence electrons. The number of hydrogen-bond acceptors (Lipinski definition) is 3. The summed E-state index contributed by atoms with van der Waals surface area (Å²) >= 11 is 0. The lowest BCUT2D eigenvalue weighted by Gasteiger charge is -2.20. The van der Waals surface area contributed by atoms with Crippen molar-refractivity contribution < 1.29 is 14.4 Å². The van der Waals surface area contributed by atoms with Crippen molar-refractivity contribution in [2.24, 2.45) is 0 Å². The van der Waals surface area contributed by atoms with Crippen LogP contribution in [0.4, 0.5) is 5.69 Å². The van der Waals surface area contributed by atoms with Crippen LogP contribution in [0.5, 0.6) is 0 Å². The summed E-state index contributed by atoms with van der Waals surface area (Å²) in [6.07, 6.45) is 5.23. The molecule has 1 atom stereocenters. The minimum Gasteiger partial charge on any atom is -0.346 e. The second-order valence-electron chi connectivity index (χ2n) is 7.60. The summed E-state index contributed by atoms with van der Waals surface area (Å²) in [5.41, 5.74) is 4.96. The van der Waals surface area contributed by atoms with Crippen molar-refractivity contribution in [2.45, 2.75) is 51.5 Å². The molecule has 5 heteroatoms. The van der Waals surface area contributed by atoms with Gasteiger partial charge in [0.25, 0.3) is 5.91 Å². The normalized spacial score (nSPS) is 17.4. The largest absolute Gasteiger partial charge is 0.346 e. The van der Waals surface area contributed by atoms with Crippen molar-refractivity contribution in [3.05, 3.63) is 64.7 Å². The lowest BCUT2D eigenvalue weighted by molar-refractivity contribution is -0.121. The van der Waals surface area contributed by atoms with E-state index in [2.05, 4.69) is 23.5 Å². The second kappa shape index (κ2) is 7.58. The lowest BCUT2D eigenvalue weighted by Crippen LogP contribution is -2.29. The number of imide groups is 1. The van der Waals surface area contributed by atoms with Gasteiger partial charge in [0.15, 0.2) is 0 Å². The average molecular weight is 376 g/mol. The third kappa shape index (κ3) is 3.57. The maximum absolute atomic E-state index is 12.6. The molecular formula is C23H24N2O3. The molecule has 28 heavy (non-hydrogen) atoms. The van der Waals surface area contributed by atoms with E-state index in [1.807, 2.05) is 6.92 Å². The number of hydrogen-bond donors (Lipinski definition) is 1. The highest BCUT2D eigenvalue weighted by atomic mass is 16.2. The van der Waals surface area contributed by atoms with E-state index in [4.69, 9.17) is 0 Å². The lowest BCUT2D eigenvalue weighted by atomic mass is 9.89. The van der Waals surface area contributed by atoms with Crippen LogP contribution in [-0.2, 0) is 22.4 Å². The average Bonchev–Trinajstić information content (AvgIpc) is 3.05. The van der Waals surface area contributed by atoms with E-state index in [9.17, 15) is 14.4 Å². The second-order valence-corrected chi connectivity index (χ2v) is 7.60. The highest BCUT2D eigenvalue weighted by Gasteiger charge is 2.30. The Bertz CT molecular complexity index is 917. The molecule has 2 aromatic carbocycles. The van der Waals surface area contributed by atoms with Crippen LogP contribution in [0.15, 0.2) is 42.5 Å². The van der Waals surface area contributed by atoms with Crippen LogP contribution in [0, 0.1) is 0 Å². The summed E-state index contributed by atoms with van der Waals surface area (Å²) in [6, 6.07) is 13.0. The van der Waals surface area contributed by atoms with Crippen LogP contribution >= 0.6 is 0 Å². The molecule has 0 spiro atoms. The van der Waals surface area contributed by atoms with Crippen LogP contribution in [0.25, 0.3) is 0 Å². The number of carbonyl (C=O) groups excluding carboxylic acids is 3. The van der Waals surface area contributed by atoms with E-state index >= 15 is 0 Å². The first-order valence-electron chi connectivity index (χ1n) is 9.91. The molecule has 0 aromatic heterocycles. The number of carbonyl (C=O) groups is 3. The summed E-state index contributed by atoms with van der Waals surface area (Å²) in [4.78, 5) is 37.5. The maximum atomic E-state index is 12.6. The van der Waals surface area contributed by atoms with Crippen molar-refractivity contribution in [1.82, 2.24) is 5.32 Å². The standard InChI is InChI=1S/C23H24N2O3/c1-15(18-7-6-16-4-2-3-5-19(16)14-18)24-23(28)17-8-10-20(11-9-17)25-21(26)12-13-22(25)27/h6-11,14-15H,2-5,12-13H2,1H3,(H,24,28). The summed E-state index contributed by atoms with van der Waals surface area (Å²) in [5, 5.41) is 3.04. The summed E-state index contributed by atoms with van der Waals surface area (Å²) in [5.74, 6) is -0.553. The molecule has 2 aromatic rings. The van der Waals surface area contributed by atoms with Crippen LogP contribution in [0.2, 0.25) is 0 Å². The summed E-state index contributed by atoms with van der Waals surface area (Å²) in [7, 11) is 0. The van der Waals surface area contributed by atoms with Gasteiger partial charge in [0.05, 0.1) is 11.7 Å². The van der Waals surface area contributed by atoms with Gasteiger partial charge in [0, 0.05) is 18.4 Å². The molecule has 1 aliphatic carbocycles. The number of nitrogens with one attached hydrogen (secondary N) is 1. The van der Waals surface area contributed by atoms with E-state index in [0.29, 0.717) is 11.3 Å². The number of nitrogens with zero attached hydrogens (tertiary/aromatic N) is 1. The van der Waals surface area contributed by atoms with Gasteiger partial charge in [-0.3, -0.25) is 19.3 Å². The van der Waals surface area contributed by atoms with Crippen LogP contribution in [0.3, 0.4) is 0 Å². The Kier molecular flexibility index (Phi) is 4.99. The first kappa shape index (κ1) is 18.4. The summed E-state index contributed by atoms with van der Waals surface area (Å²) < 4.78 is 0. The Morgan fingerprint density at radius 1 is 0.893 bits per heavy atom. The molecule has 0 saturated carbocycles. The van der Waals surface area contributed by atoms with Crippen LogP contribution in [-0.4, -0.2) is 17.7 Å². The monoisotopic (exact) mass is 376 g/mol. The first-order valence-corrected chi connectivity index (χ1v) is 9.91. The smallest absolute Gasteiger partial charge is 0.251 e. The molecule has 1 heterocycles. The Labute approximate surface area is 164 Å². The minimum atomic E-state index is -0.191. The Balaban J connectivity index is 1.44. The zero-order chi connectivity index (χ0) is 19.7. The predicted octanol–water partition coefficient (Wildman–Crippen LogP) is 3.71. The highest BCUT2D eigenvalue weighted by molar-refractivity contribution is 6.19. The predicted molar refractivity (Wildman–Crippen MR) is 107 cm³/mol. The molecule has 1 unspecified atom stereocenters. The third-order valence-electron chi connectivity index (χ3n) is 5.66. The van der Waals surface area contributed by atoms with E-state index in [0.717, 1.165) is 18.4 Å². The van der Waals surface area contributed by atoms with Gasteiger partial charge in [-0.25, -0.2) is 0 Å². The molecular weight excluding hydrogens is 352 g/mol. The van der Waals surface area contributed by atoms with Gasteiger partial charge in [-0.05, 0) is 73.6 Å². The molecule has 1 fully saturated rings. The fourth-order valence-electron chi connectivity index (χ4n) is 4.01.